The molecule has 0 aromatic heterocycles. The number of urea groups is 1. The van der Waals surface area contributed by atoms with Crippen LogP contribution in [0, 0.1) is 17.8 Å². The van der Waals surface area contributed by atoms with E-state index in [-0.39, 0.29) is 23.9 Å². The molecule has 1 aromatic rings. The maximum atomic E-state index is 12.9. The molecule has 0 bridgehead atoms. The molecule has 28 heavy (non-hydrogen) atoms. The first kappa shape index (κ1) is 20.7. The van der Waals surface area contributed by atoms with Gasteiger partial charge in [0.15, 0.2) is 0 Å². The lowest BCUT2D eigenvalue weighted by atomic mass is 9.93. The zero-order valence-electron chi connectivity index (χ0n) is 17.8. The predicted molar refractivity (Wildman–Crippen MR) is 112 cm³/mol. The summed E-state index contributed by atoms with van der Waals surface area (Å²) in [6, 6.07) is 8.97. The van der Waals surface area contributed by atoms with Gasteiger partial charge in [-0.1, -0.05) is 38.1 Å². The number of rotatable bonds is 6. The van der Waals surface area contributed by atoms with E-state index in [0.717, 1.165) is 19.3 Å². The van der Waals surface area contributed by atoms with Crippen LogP contribution in [0.25, 0.3) is 0 Å². The van der Waals surface area contributed by atoms with Gasteiger partial charge < -0.3 is 15.1 Å². The Labute approximate surface area is 169 Å². The van der Waals surface area contributed by atoms with Crippen molar-refractivity contribution in [2.75, 3.05) is 27.2 Å². The van der Waals surface area contributed by atoms with Crippen LogP contribution in [0.4, 0.5) is 4.79 Å². The SMILES string of the molecule is CC(C)Cc1ccc(C(NC(=O)C2CCN(C(=O)N(C)C)CC2)C2CC2)cc1. The molecule has 1 heterocycles. The molecule has 154 valence electrons. The molecule has 3 amide bonds. The highest BCUT2D eigenvalue weighted by atomic mass is 16.2. The molecule has 3 rings (SSSR count). The van der Waals surface area contributed by atoms with E-state index in [4.69, 9.17) is 0 Å². The zero-order chi connectivity index (χ0) is 20.3. The van der Waals surface area contributed by atoms with Crippen LogP contribution in [0.2, 0.25) is 0 Å². The van der Waals surface area contributed by atoms with Gasteiger partial charge in [-0.15, -0.1) is 0 Å². The summed E-state index contributed by atoms with van der Waals surface area (Å²) in [6.07, 6.45) is 4.96. The number of carbonyl (C=O) groups excluding carboxylic acids is 2. The molecule has 0 spiro atoms. The van der Waals surface area contributed by atoms with Crippen molar-refractivity contribution in [3.63, 3.8) is 0 Å². The van der Waals surface area contributed by atoms with Crippen LogP contribution in [-0.2, 0) is 11.2 Å². The molecular weight excluding hydrogens is 350 g/mol. The van der Waals surface area contributed by atoms with Crippen molar-refractivity contribution in [3.8, 4) is 0 Å². The fraction of sp³-hybridized carbons (Fsp3) is 0.652. The smallest absolute Gasteiger partial charge is 0.319 e. The Balaban J connectivity index is 1.58. The second-order valence-corrected chi connectivity index (χ2v) is 9.10. The maximum absolute atomic E-state index is 12.9. The van der Waals surface area contributed by atoms with Gasteiger partial charge in [0.1, 0.15) is 0 Å². The molecule has 1 aliphatic heterocycles. The summed E-state index contributed by atoms with van der Waals surface area (Å²) in [7, 11) is 3.54. The van der Waals surface area contributed by atoms with Gasteiger partial charge in [0.2, 0.25) is 5.91 Å². The second kappa shape index (κ2) is 8.97. The molecule has 1 aliphatic carbocycles. The van der Waals surface area contributed by atoms with Crippen molar-refractivity contribution < 1.29 is 9.59 Å². The van der Waals surface area contributed by atoms with Gasteiger partial charge >= 0.3 is 6.03 Å². The van der Waals surface area contributed by atoms with Crippen LogP contribution in [0.5, 0.6) is 0 Å². The van der Waals surface area contributed by atoms with Crippen molar-refractivity contribution in [2.45, 2.75) is 52.0 Å². The monoisotopic (exact) mass is 385 g/mol. The number of hydrogen-bond acceptors (Lipinski definition) is 2. The van der Waals surface area contributed by atoms with Crippen molar-refractivity contribution >= 4 is 11.9 Å². The van der Waals surface area contributed by atoms with Crippen LogP contribution in [0.15, 0.2) is 24.3 Å². The number of amides is 3. The van der Waals surface area contributed by atoms with E-state index in [2.05, 4.69) is 43.4 Å². The molecule has 0 radical (unpaired) electrons. The minimum absolute atomic E-state index is 0.00711. The van der Waals surface area contributed by atoms with Gasteiger partial charge in [-0.05, 0) is 55.1 Å². The normalized spacial score (nSPS) is 18.8. The Morgan fingerprint density at radius 3 is 2.18 bits per heavy atom. The van der Waals surface area contributed by atoms with E-state index in [1.807, 2.05) is 4.90 Å². The Bertz CT molecular complexity index is 672. The molecular formula is C23H35N3O2. The molecule has 1 saturated heterocycles. The van der Waals surface area contributed by atoms with Gasteiger partial charge in [0.25, 0.3) is 0 Å². The Kier molecular flexibility index (Phi) is 6.63. The largest absolute Gasteiger partial charge is 0.349 e. The maximum Gasteiger partial charge on any atom is 0.319 e. The van der Waals surface area contributed by atoms with Crippen LogP contribution >= 0.6 is 0 Å². The van der Waals surface area contributed by atoms with Crippen molar-refractivity contribution in [2.24, 2.45) is 17.8 Å². The fourth-order valence-electron chi connectivity index (χ4n) is 4.12. The lowest BCUT2D eigenvalue weighted by Crippen LogP contribution is -2.47. The molecule has 2 fully saturated rings. The molecule has 5 heteroatoms. The van der Waals surface area contributed by atoms with Gasteiger partial charge in [0, 0.05) is 33.1 Å². The lowest BCUT2D eigenvalue weighted by molar-refractivity contribution is -0.127. The number of nitrogens with zero attached hydrogens (tertiary/aromatic N) is 2. The third kappa shape index (κ3) is 5.27. The van der Waals surface area contributed by atoms with Crippen LogP contribution in [0.1, 0.15) is 56.7 Å². The molecule has 1 atom stereocenters. The Morgan fingerprint density at radius 2 is 1.68 bits per heavy atom. The van der Waals surface area contributed by atoms with Gasteiger partial charge in [-0.2, -0.15) is 0 Å². The Hall–Kier alpha value is -2.04. The predicted octanol–water partition coefficient (Wildman–Crippen LogP) is 3.85. The zero-order valence-corrected chi connectivity index (χ0v) is 17.8. The van der Waals surface area contributed by atoms with Gasteiger partial charge in [-0.3, -0.25) is 4.79 Å². The first-order valence-corrected chi connectivity index (χ1v) is 10.7. The minimum Gasteiger partial charge on any atom is -0.349 e. The first-order chi connectivity index (χ1) is 13.3. The number of likely N-dealkylation sites (tertiary alicyclic amines) is 1. The molecule has 5 nitrogen and oxygen atoms in total. The average Bonchev–Trinajstić information content (AvgIpc) is 3.51. The summed E-state index contributed by atoms with van der Waals surface area (Å²) in [4.78, 5) is 28.4. The first-order valence-electron chi connectivity index (χ1n) is 10.7. The summed E-state index contributed by atoms with van der Waals surface area (Å²) in [5.74, 6) is 1.37. The number of benzene rings is 1. The van der Waals surface area contributed by atoms with E-state index >= 15 is 0 Å². The summed E-state index contributed by atoms with van der Waals surface area (Å²) >= 11 is 0. The van der Waals surface area contributed by atoms with Gasteiger partial charge in [0.05, 0.1) is 6.04 Å². The number of hydrogen-bond donors (Lipinski definition) is 1. The minimum atomic E-state index is 0.00711. The topological polar surface area (TPSA) is 52.7 Å². The van der Waals surface area contributed by atoms with Crippen molar-refractivity contribution in [1.82, 2.24) is 15.1 Å². The third-order valence-electron chi connectivity index (χ3n) is 5.89. The molecule has 1 unspecified atom stereocenters. The summed E-state index contributed by atoms with van der Waals surface area (Å²) < 4.78 is 0. The highest BCUT2D eigenvalue weighted by Gasteiger charge is 2.35. The summed E-state index contributed by atoms with van der Waals surface area (Å²) in [5, 5.41) is 3.34. The van der Waals surface area contributed by atoms with E-state index in [1.165, 1.54) is 24.0 Å². The highest BCUT2D eigenvalue weighted by Crippen LogP contribution is 2.41. The van der Waals surface area contributed by atoms with Crippen LogP contribution in [0.3, 0.4) is 0 Å². The average molecular weight is 386 g/mol. The molecule has 1 saturated carbocycles. The van der Waals surface area contributed by atoms with Crippen molar-refractivity contribution in [3.05, 3.63) is 35.4 Å². The van der Waals surface area contributed by atoms with Crippen molar-refractivity contribution in [1.29, 1.82) is 0 Å². The summed E-state index contributed by atoms with van der Waals surface area (Å²) in [5.41, 5.74) is 2.58. The van der Waals surface area contributed by atoms with Crippen LogP contribution < -0.4 is 5.32 Å². The molecule has 1 N–H and O–H groups in total. The second-order valence-electron chi connectivity index (χ2n) is 9.10. The van der Waals surface area contributed by atoms with E-state index in [1.54, 1.807) is 19.0 Å². The van der Waals surface area contributed by atoms with Gasteiger partial charge in [-0.25, -0.2) is 4.79 Å². The lowest BCUT2D eigenvalue weighted by Gasteiger charge is -2.33. The Morgan fingerprint density at radius 1 is 1.07 bits per heavy atom. The van der Waals surface area contributed by atoms with E-state index < -0.39 is 0 Å². The van der Waals surface area contributed by atoms with E-state index in [9.17, 15) is 9.59 Å². The molecule has 2 aliphatic rings. The summed E-state index contributed by atoms with van der Waals surface area (Å²) in [6.45, 7) is 5.79. The molecule has 1 aromatic carbocycles. The van der Waals surface area contributed by atoms with Crippen LogP contribution in [-0.4, -0.2) is 48.9 Å². The quantitative estimate of drug-likeness (QED) is 0.809. The fourth-order valence-corrected chi connectivity index (χ4v) is 4.12. The van der Waals surface area contributed by atoms with E-state index in [0.29, 0.717) is 24.9 Å². The third-order valence-corrected chi connectivity index (χ3v) is 5.89. The number of piperidine rings is 1. The number of carbonyl (C=O) groups is 2. The standard InChI is InChI=1S/C23H35N3O2/c1-16(2)15-17-5-7-18(8-6-17)21(19-9-10-19)24-22(27)20-11-13-26(14-12-20)23(28)25(3)4/h5-8,16,19-21H,9-15H2,1-4H3,(H,24,27). The number of nitrogens with one attached hydrogen (secondary N) is 1. The highest BCUT2D eigenvalue weighted by molar-refractivity contribution is 5.80.